The fraction of sp³-hybridized carbons (Fsp3) is 0.692. The van der Waals surface area contributed by atoms with Gasteiger partial charge in [-0.15, -0.1) is 0 Å². The van der Waals surface area contributed by atoms with E-state index in [1.807, 2.05) is 20.0 Å². The van der Waals surface area contributed by atoms with E-state index in [9.17, 15) is 0 Å². The summed E-state index contributed by atoms with van der Waals surface area (Å²) in [4.78, 5) is 11.4. The highest BCUT2D eigenvalue weighted by atomic mass is 15.1. The van der Waals surface area contributed by atoms with Crippen molar-refractivity contribution in [1.82, 2.24) is 14.9 Å². The summed E-state index contributed by atoms with van der Waals surface area (Å²) >= 11 is 0. The van der Waals surface area contributed by atoms with Gasteiger partial charge < -0.3 is 5.32 Å². The summed E-state index contributed by atoms with van der Waals surface area (Å²) in [5.74, 6) is 1.81. The Labute approximate surface area is 104 Å². The van der Waals surface area contributed by atoms with Crippen LogP contribution < -0.4 is 5.32 Å². The molecular weight excluding hydrogens is 212 g/mol. The molecular formula is C13H24N4. The largest absolute Gasteiger partial charge is 0.373 e. The lowest BCUT2D eigenvalue weighted by Gasteiger charge is -2.19. The molecule has 96 valence electrons. The van der Waals surface area contributed by atoms with Crippen LogP contribution in [0.25, 0.3) is 0 Å². The second kappa shape index (κ2) is 7.22. The lowest BCUT2D eigenvalue weighted by atomic mass is 10.3. The standard InChI is InChI=1S/C13H24N4/c1-5-7-8-17(6-2)10-13-15-11(3)9-12(14-4)16-13/h9H,5-8,10H2,1-4H3,(H,14,15,16). The lowest BCUT2D eigenvalue weighted by molar-refractivity contribution is 0.268. The number of rotatable bonds is 7. The lowest BCUT2D eigenvalue weighted by Crippen LogP contribution is -2.25. The van der Waals surface area contributed by atoms with E-state index in [4.69, 9.17) is 0 Å². The Morgan fingerprint density at radius 2 is 2.06 bits per heavy atom. The molecule has 4 heteroatoms. The van der Waals surface area contributed by atoms with Crippen molar-refractivity contribution in [3.05, 3.63) is 17.6 Å². The van der Waals surface area contributed by atoms with Crippen LogP contribution in [-0.2, 0) is 6.54 Å². The van der Waals surface area contributed by atoms with Crippen LogP contribution in [0.3, 0.4) is 0 Å². The molecule has 0 aliphatic carbocycles. The number of unbranched alkanes of at least 4 members (excludes halogenated alkanes) is 1. The molecule has 1 rings (SSSR count). The third-order valence-electron chi connectivity index (χ3n) is 2.80. The van der Waals surface area contributed by atoms with Gasteiger partial charge in [-0.1, -0.05) is 20.3 Å². The van der Waals surface area contributed by atoms with E-state index < -0.39 is 0 Å². The summed E-state index contributed by atoms with van der Waals surface area (Å²) in [6, 6.07) is 1.96. The van der Waals surface area contributed by atoms with Crippen LogP contribution >= 0.6 is 0 Å². The molecule has 1 heterocycles. The van der Waals surface area contributed by atoms with E-state index in [0.717, 1.165) is 37.0 Å². The van der Waals surface area contributed by atoms with Crippen LogP contribution in [0.1, 0.15) is 38.2 Å². The molecule has 0 amide bonds. The minimum absolute atomic E-state index is 0.840. The van der Waals surface area contributed by atoms with E-state index in [2.05, 4.69) is 34.0 Å². The zero-order valence-corrected chi connectivity index (χ0v) is 11.5. The average molecular weight is 236 g/mol. The van der Waals surface area contributed by atoms with Gasteiger partial charge in [-0.2, -0.15) is 0 Å². The van der Waals surface area contributed by atoms with E-state index in [0.29, 0.717) is 0 Å². The topological polar surface area (TPSA) is 41.1 Å². The van der Waals surface area contributed by atoms with E-state index >= 15 is 0 Å². The van der Waals surface area contributed by atoms with Gasteiger partial charge in [0.05, 0.1) is 6.54 Å². The van der Waals surface area contributed by atoms with Gasteiger partial charge in [-0.3, -0.25) is 4.90 Å². The van der Waals surface area contributed by atoms with Crippen LogP contribution in [-0.4, -0.2) is 35.0 Å². The third-order valence-corrected chi connectivity index (χ3v) is 2.80. The van der Waals surface area contributed by atoms with Gasteiger partial charge in [0.15, 0.2) is 0 Å². The number of hydrogen-bond donors (Lipinski definition) is 1. The van der Waals surface area contributed by atoms with Gasteiger partial charge >= 0.3 is 0 Å². The number of anilines is 1. The summed E-state index contributed by atoms with van der Waals surface area (Å²) in [6.45, 7) is 9.42. The molecule has 0 atom stereocenters. The van der Waals surface area contributed by atoms with Crippen LogP contribution in [0.4, 0.5) is 5.82 Å². The Hall–Kier alpha value is -1.16. The molecule has 0 aliphatic heterocycles. The van der Waals surface area contributed by atoms with Gasteiger partial charge in [0, 0.05) is 18.8 Å². The summed E-state index contributed by atoms with van der Waals surface area (Å²) in [5, 5.41) is 3.07. The Kier molecular flexibility index (Phi) is 5.91. The highest BCUT2D eigenvalue weighted by molar-refractivity contribution is 5.34. The second-order valence-electron chi connectivity index (χ2n) is 4.28. The van der Waals surface area contributed by atoms with Crippen LogP contribution in [0.15, 0.2) is 6.07 Å². The molecule has 17 heavy (non-hydrogen) atoms. The van der Waals surface area contributed by atoms with Crippen molar-refractivity contribution in [2.45, 2.75) is 40.2 Å². The molecule has 0 saturated carbocycles. The van der Waals surface area contributed by atoms with Gasteiger partial charge in [-0.25, -0.2) is 9.97 Å². The maximum Gasteiger partial charge on any atom is 0.144 e. The first-order valence-corrected chi connectivity index (χ1v) is 6.44. The van der Waals surface area contributed by atoms with Gasteiger partial charge in [-0.05, 0) is 26.4 Å². The van der Waals surface area contributed by atoms with E-state index in [1.54, 1.807) is 0 Å². The summed E-state index contributed by atoms with van der Waals surface area (Å²) in [5.41, 5.74) is 1.02. The summed E-state index contributed by atoms with van der Waals surface area (Å²) in [6.07, 6.45) is 2.46. The molecule has 1 aromatic heterocycles. The number of aryl methyl sites for hydroxylation is 1. The predicted octanol–water partition coefficient (Wildman–Crippen LogP) is 2.45. The minimum Gasteiger partial charge on any atom is -0.373 e. The number of hydrogen-bond acceptors (Lipinski definition) is 4. The maximum absolute atomic E-state index is 4.48. The van der Waals surface area contributed by atoms with Crippen molar-refractivity contribution in [2.75, 3.05) is 25.5 Å². The average Bonchev–Trinajstić information content (AvgIpc) is 2.33. The zero-order valence-electron chi connectivity index (χ0n) is 11.5. The SMILES string of the molecule is CCCCN(CC)Cc1nc(C)cc(NC)n1. The minimum atomic E-state index is 0.840. The Bertz CT molecular complexity index is 338. The first-order chi connectivity index (χ1) is 8.19. The van der Waals surface area contributed by atoms with Gasteiger partial charge in [0.25, 0.3) is 0 Å². The van der Waals surface area contributed by atoms with Crippen molar-refractivity contribution in [1.29, 1.82) is 0 Å². The van der Waals surface area contributed by atoms with Crippen LogP contribution in [0.5, 0.6) is 0 Å². The zero-order chi connectivity index (χ0) is 12.7. The monoisotopic (exact) mass is 236 g/mol. The smallest absolute Gasteiger partial charge is 0.144 e. The van der Waals surface area contributed by atoms with Crippen molar-refractivity contribution >= 4 is 5.82 Å². The number of aromatic nitrogens is 2. The molecule has 0 saturated heterocycles. The van der Waals surface area contributed by atoms with Crippen molar-refractivity contribution in [3.63, 3.8) is 0 Å². The van der Waals surface area contributed by atoms with Crippen molar-refractivity contribution < 1.29 is 0 Å². The summed E-state index contributed by atoms with van der Waals surface area (Å²) < 4.78 is 0. The quantitative estimate of drug-likeness (QED) is 0.789. The highest BCUT2D eigenvalue weighted by Gasteiger charge is 2.07. The van der Waals surface area contributed by atoms with Crippen LogP contribution in [0, 0.1) is 6.92 Å². The van der Waals surface area contributed by atoms with Crippen LogP contribution in [0.2, 0.25) is 0 Å². The molecule has 0 spiro atoms. The first kappa shape index (κ1) is 13.9. The molecule has 0 fully saturated rings. The highest BCUT2D eigenvalue weighted by Crippen LogP contribution is 2.08. The number of nitrogens with one attached hydrogen (secondary N) is 1. The Balaban J connectivity index is 2.68. The summed E-state index contributed by atoms with van der Waals surface area (Å²) in [7, 11) is 1.89. The molecule has 0 bridgehead atoms. The molecule has 0 aliphatic rings. The molecule has 0 radical (unpaired) electrons. The number of nitrogens with zero attached hydrogens (tertiary/aromatic N) is 3. The third kappa shape index (κ3) is 4.69. The van der Waals surface area contributed by atoms with Gasteiger partial charge in [0.2, 0.25) is 0 Å². The van der Waals surface area contributed by atoms with E-state index in [1.165, 1.54) is 12.8 Å². The molecule has 1 aromatic rings. The molecule has 0 unspecified atom stereocenters. The Morgan fingerprint density at radius 1 is 1.29 bits per heavy atom. The van der Waals surface area contributed by atoms with Crippen molar-refractivity contribution in [3.8, 4) is 0 Å². The normalized spacial score (nSPS) is 10.9. The van der Waals surface area contributed by atoms with E-state index in [-0.39, 0.29) is 0 Å². The van der Waals surface area contributed by atoms with Gasteiger partial charge in [0.1, 0.15) is 11.6 Å². The predicted molar refractivity (Wildman–Crippen MR) is 72.2 cm³/mol. The fourth-order valence-corrected chi connectivity index (χ4v) is 1.76. The first-order valence-electron chi connectivity index (χ1n) is 6.44. The molecule has 0 aromatic carbocycles. The Morgan fingerprint density at radius 3 is 2.65 bits per heavy atom. The second-order valence-corrected chi connectivity index (χ2v) is 4.28. The van der Waals surface area contributed by atoms with Crippen molar-refractivity contribution in [2.24, 2.45) is 0 Å². The maximum atomic E-state index is 4.48. The molecule has 4 nitrogen and oxygen atoms in total. The fourth-order valence-electron chi connectivity index (χ4n) is 1.76. The molecule has 1 N–H and O–H groups in total.